The van der Waals surface area contributed by atoms with Gasteiger partial charge >= 0.3 is 0 Å². The molecule has 0 saturated heterocycles. The van der Waals surface area contributed by atoms with Gasteiger partial charge in [-0.3, -0.25) is 4.79 Å². The third-order valence-electron chi connectivity index (χ3n) is 7.23. The molecule has 1 aliphatic carbocycles. The van der Waals surface area contributed by atoms with E-state index in [0.29, 0.717) is 44.6 Å². The number of anilines is 1. The maximum Gasteiger partial charge on any atom is 0.227 e. The molecule has 0 saturated carbocycles. The molecule has 1 aliphatic heterocycles. The molecule has 2 aliphatic rings. The summed E-state index contributed by atoms with van der Waals surface area (Å²) in [6.07, 6.45) is 1.18. The van der Waals surface area contributed by atoms with E-state index in [9.17, 15) is 4.79 Å². The number of ketones is 1. The van der Waals surface area contributed by atoms with Gasteiger partial charge in [0.1, 0.15) is 18.4 Å². The van der Waals surface area contributed by atoms with E-state index in [1.807, 2.05) is 71.4 Å². The molecule has 6 nitrogen and oxygen atoms in total. The second-order valence-corrected chi connectivity index (χ2v) is 13.6. The Bertz CT molecular complexity index is 1690. The Morgan fingerprint density at radius 3 is 2.49 bits per heavy atom. The number of carbonyl (C=O) groups is 1. The number of aromatic nitrogens is 3. The van der Waals surface area contributed by atoms with Crippen LogP contribution in [0.1, 0.15) is 49.4 Å². The van der Waals surface area contributed by atoms with Gasteiger partial charge < -0.3 is 10.1 Å². The number of nitrogens with one attached hydrogen (secondary N) is 1. The predicted octanol–water partition coefficient (Wildman–Crippen LogP) is 8.88. The molecule has 1 N–H and O–H groups in total. The van der Waals surface area contributed by atoms with E-state index in [1.54, 1.807) is 0 Å². The van der Waals surface area contributed by atoms with Crippen molar-refractivity contribution in [3.05, 3.63) is 109 Å². The molecule has 0 fully saturated rings. The number of carbonyl (C=O) groups excluding carboxylic acids is 1. The zero-order valence-electron chi connectivity index (χ0n) is 22.5. The van der Waals surface area contributed by atoms with Crippen LogP contribution in [-0.2, 0) is 17.2 Å². The molecule has 6 rings (SSSR count). The number of halogens is 3. The van der Waals surface area contributed by atoms with Gasteiger partial charge in [0.05, 0.1) is 0 Å². The number of hydrogen-bond acceptors (Lipinski definition) is 6. The third kappa shape index (κ3) is 5.93. The lowest BCUT2D eigenvalue weighted by Gasteiger charge is -2.38. The minimum atomic E-state index is -0.509. The van der Waals surface area contributed by atoms with Gasteiger partial charge in [0.25, 0.3) is 0 Å². The maximum absolute atomic E-state index is 13.8. The lowest BCUT2D eigenvalue weighted by atomic mass is 9.73. The molecule has 3 aromatic carbocycles. The number of hydrogen-bond donors (Lipinski definition) is 1. The number of ether oxygens (including phenoxy) is 1. The molecule has 1 aromatic heterocycles. The summed E-state index contributed by atoms with van der Waals surface area (Å²) in [6, 6.07) is 20.7. The fourth-order valence-corrected chi connectivity index (χ4v) is 7.02. The summed E-state index contributed by atoms with van der Waals surface area (Å²) in [6.45, 7) is 4.52. The van der Waals surface area contributed by atoms with Crippen molar-refractivity contribution in [2.24, 2.45) is 5.41 Å². The van der Waals surface area contributed by atoms with Gasteiger partial charge in [0.2, 0.25) is 11.1 Å². The first kappa shape index (κ1) is 28.3. The molecule has 0 amide bonds. The zero-order chi connectivity index (χ0) is 28.7. The molecule has 210 valence electrons. The molecule has 2 heterocycles. The normalized spacial score (nSPS) is 17.6. The van der Waals surface area contributed by atoms with Gasteiger partial charge in [-0.25, -0.2) is 4.68 Å². The topological polar surface area (TPSA) is 69.0 Å². The van der Waals surface area contributed by atoms with Crippen molar-refractivity contribution in [1.29, 1.82) is 0 Å². The van der Waals surface area contributed by atoms with Crippen molar-refractivity contribution < 1.29 is 9.53 Å². The number of rotatable bonds is 7. The summed E-state index contributed by atoms with van der Waals surface area (Å²) in [4.78, 5) is 18.6. The highest BCUT2D eigenvalue weighted by molar-refractivity contribution is 9.10. The molecule has 10 heteroatoms. The summed E-state index contributed by atoms with van der Waals surface area (Å²) in [5, 5.41) is 10.3. The van der Waals surface area contributed by atoms with Crippen molar-refractivity contribution in [3.63, 3.8) is 0 Å². The van der Waals surface area contributed by atoms with E-state index in [4.69, 9.17) is 38.0 Å². The SMILES string of the molecule is CC1(C)CC(=O)C2=C(C1)Nc1nc(SCc3ccccc3Cl)nn1C2c1cc(Br)ccc1OCc1ccccc1Cl. The van der Waals surface area contributed by atoms with Crippen LogP contribution in [0.15, 0.2) is 87.6 Å². The van der Waals surface area contributed by atoms with E-state index in [1.165, 1.54) is 11.8 Å². The minimum absolute atomic E-state index is 0.0946. The van der Waals surface area contributed by atoms with Crippen molar-refractivity contribution in [1.82, 2.24) is 14.8 Å². The van der Waals surface area contributed by atoms with Crippen LogP contribution in [-0.4, -0.2) is 20.5 Å². The first-order chi connectivity index (χ1) is 19.7. The number of benzene rings is 3. The second kappa shape index (κ2) is 11.5. The summed E-state index contributed by atoms with van der Waals surface area (Å²) in [5.41, 5.74) is 4.12. The molecule has 1 atom stereocenters. The molecular weight excluding hydrogens is 643 g/mol. The van der Waals surface area contributed by atoms with Crippen LogP contribution in [0, 0.1) is 5.41 Å². The van der Waals surface area contributed by atoms with Crippen molar-refractivity contribution in [2.45, 2.75) is 50.2 Å². The highest BCUT2D eigenvalue weighted by atomic mass is 79.9. The van der Waals surface area contributed by atoms with E-state index in [0.717, 1.165) is 33.3 Å². The Morgan fingerprint density at radius 1 is 1.05 bits per heavy atom. The summed E-state index contributed by atoms with van der Waals surface area (Å²) < 4.78 is 9.05. The summed E-state index contributed by atoms with van der Waals surface area (Å²) in [5.74, 6) is 1.96. The Morgan fingerprint density at radius 2 is 1.76 bits per heavy atom. The van der Waals surface area contributed by atoms with Gasteiger partial charge in [-0.05, 0) is 47.7 Å². The lowest BCUT2D eigenvalue weighted by molar-refractivity contribution is -0.118. The van der Waals surface area contributed by atoms with E-state index < -0.39 is 6.04 Å². The minimum Gasteiger partial charge on any atom is -0.488 e. The monoisotopic (exact) mass is 668 g/mol. The summed E-state index contributed by atoms with van der Waals surface area (Å²) in [7, 11) is 0. The molecule has 0 radical (unpaired) electrons. The Kier molecular flexibility index (Phi) is 7.94. The molecule has 0 bridgehead atoms. The third-order valence-corrected chi connectivity index (χ3v) is 9.35. The van der Waals surface area contributed by atoms with Gasteiger partial charge in [0.15, 0.2) is 5.78 Å². The lowest BCUT2D eigenvalue weighted by Crippen LogP contribution is -2.36. The standard InChI is InChI=1S/C31H27BrCl2N4O2S/c1-31(2)14-24-27(25(39)15-31)28(21-13-20(32)11-12-26(21)40-16-18-7-3-5-9-22(18)33)38-29(35-24)36-30(37-38)41-17-19-8-4-6-10-23(19)34/h3-13,28H,14-17H2,1-2H3,(H,35,36,37). The van der Waals surface area contributed by atoms with Gasteiger partial charge in [-0.2, -0.15) is 4.98 Å². The molecule has 41 heavy (non-hydrogen) atoms. The van der Waals surface area contributed by atoms with Crippen LogP contribution in [0.3, 0.4) is 0 Å². The van der Waals surface area contributed by atoms with Crippen LogP contribution < -0.4 is 10.1 Å². The molecule has 1 unspecified atom stereocenters. The number of thioether (sulfide) groups is 1. The van der Waals surface area contributed by atoms with Crippen LogP contribution in [0.5, 0.6) is 5.75 Å². The Balaban J connectivity index is 1.41. The van der Waals surface area contributed by atoms with Crippen molar-refractivity contribution in [2.75, 3.05) is 5.32 Å². The second-order valence-electron chi connectivity index (χ2n) is 11.0. The van der Waals surface area contributed by atoms with Crippen LogP contribution in [0.2, 0.25) is 10.0 Å². The van der Waals surface area contributed by atoms with E-state index >= 15 is 0 Å². The maximum atomic E-state index is 13.8. The number of fused-ring (bicyclic) bond motifs is 1. The predicted molar refractivity (Wildman–Crippen MR) is 168 cm³/mol. The van der Waals surface area contributed by atoms with Gasteiger partial charge in [0, 0.05) is 49.1 Å². The van der Waals surface area contributed by atoms with E-state index in [-0.39, 0.29) is 17.8 Å². The Hall–Kier alpha value is -2.78. The highest BCUT2D eigenvalue weighted by Gasteiger charge is 2.43. The molecule has 0 spiro atoms. The number of nitrogens with zero attached hydrogens (tertiary/aromatic N) is 3. The average molecular weight is 670 g/mol. The smallest absolute Gasteiger partial charge is 0.227 e. The highest BCUT2D eigenvalue weighted by Crippen LogP contribution is 2.48. The first-order valence-electron chi connectivity index (χ1n) is 13.2. The van der Waals surface area contributed by atoms with Crippen molar-refractivity contribution in [3.8, 4) is 5.75 Å². The largest absolute Gasteiger partial charge is 0.488 e. The van der Waals surface area contributed by atoms with Crippen LogP contribution in [0.25, 0.3) is 0 Å². The fourth-order valence-electron chi connectivity index (χ4n) is 5.33. The van der Waals surface area contributed by atoms with Gasteiger partial charge in [-0.15, -0.1) is 5.10 Å². The fraction of sp³-hybridized carbons (Fsp3) is 0.258. The van der Waals surface area contributed by atoms with Gasteiger partial charge in [-0.1, -0.05) is 101 Å². The summed E-state index contributed by atoms with van der Waals surface area (Å²) >= 11 is 17.9. The van der Waals surface area contributed by atoms with Crippen LogP contribution in [0.4, 0.5) is 5.95 Å². The average Bonchev–Trinajstić information content (AvgIpc) is 3.33. The quantitative estimate of drug-likeness (QED) is 0.198. The molecule has 4 aromatic rings. The van der Waals surface area contributed by atoms with E-state index in [2.05, 4.69) is 35.1 Å². The number of allylic oxidation sites excluding steroid dienone is 2. The number of Topliss-reactive ketones (excluding diaryl/α,β-unsaturated/α-hetero) is 1. The Labute approximate surface area is 261 Å². The zero-order valence-corrected chi connectivity index (χ0v) is 26.4. The van der Waals surface area contributed by atoms with Crippen LogP contribution >= 0.6 is 50.9 Å². The molecular formula is C31H27BrCl2N4O2S. The first-order valence-corrected chi connectivity index (χ1v) is 15.7. The van der Waals surface area contributed by atoms with Crippen molar-refractivity contribution >= 4 is 62.6 Å².